The van der Waals surface area contributed by atoms with Crippen molar-refractivity contribution in [3.05, 3.63) is 94.5 Å². The van der Waals surface area contributed by atoms with E-state index < -0.39 is 28.5 Å². The molecule has 0 bridgehead atoms. The Balaban J connectivity index is 1.71. The van der Waals surface area contributed by atoms with E-state index in [-0.39, 0.29) is 34.1 Å². The van der Waals surface area contributed by atoms with Crippen molar-refractivity contribution in [2.75, 3.05) is 10.8 Å². The average molecular weight is 610 g/mol. The molecule has 0 radical (unpaired) electrons. The molecule has 0 aliphatic heterocycles. The number of anilines is 1. The van der Waals surface area contributed by atoms with Gasteiger partial charge in [0.2, 0.25) is 11.8 Å². The molecule has 0 aromatic heterocycles. The topological polar surface area (TPSA) is 86.8 Å². The van der Waals surface area contributed by atoms with Gasteiger partial charge in [0.05, 0.1) is 15.6 Å². The van der Waals surface area contributed by atoms with Gasteiger partial charge in [0.25, 0.3) is 10.0 Å². The van der Waals surface area contributed by atoms with Gasteiger partial charge in [-0.25, -0.2) is 8.42 Å². The molecule has 3 aromatic rings. The van der Waals surface area contributed by atoms with Gasteiger partial charge in [-0.3, -0.25) is 13.9 Å². The van der Waals surface area contributed by atoms with Crippen LogP contribution in [0, 0.1) is 13.8 Å². The minimum atomic E-state index is -4.17. The molecule has 4 rings (SSSR count). The zero-order valence-corrected chi connectivity index (χ0v) is 26.1. The Hall–Kier alpha value is -3.36. The van der Waals surface area contributed by atoms with Gasteiger partial charge in [-0.2, -0.15) is 0 Å². The molecule has 7 nitrogen and oxygen atoms in total. The number of hydrogen-bond donors (Lipinski definition) is 1. The molecule has 0 unspecified atom stereocenters. The Morgan fingerprint density at radius 3 is 2.10 bits per heavy atom. The van der Waals surface area contributed by atoms with E-state index in [4.69, 9.17) is 11.6 Å². The lowest BCUT2D eigenvalue weighted by Crippen LogP contribution is -2.54. The Kier molecular flexibility index (Phi) is 10.7. The Morgan fingerprint density at radius 2 is 1.50 bits per heavy atom. The maximum Gasteiger partial charge on any atom is 0.264 e. The summed E-state index contributed by atoms with van der Waals surface area (Å²) in [6.07, 6.45) is 5.52. The highest BCUT2D eigenvalue weighted by atomic mass is 35.5. The van der Waals surface area contributed by atoms with Crippen LogP contribution < -0.4 is 9.62 Å². The monoisotopic (exact) mass is 609 g/mol. The zero-order chi connectivity index (χ0) is 30.3. The highest BCUT2D eigenvalue weighted by molar-refractivity contribution is 7.92. The zero-order valence-electron chi connectivity index (χ0n) is 24.6. The summed E-state index contributed by atoms with van der Waals surface area (Å²) in [6.45, 7) is 5.37. The lowest BCUT2D eigenvalue weighted by molar-refractivity contribution is -0.140. The highest BCUT2D eigenvalue weighted by Crippen LogP contribution is 2.31. The fourth-order valence-corrected chi connectivity index (χ4v) is 7.08. The van der Waals surface area contributed by atoms with E-state index >= 15 is 0 Å². The Bertz CT molecular complexity index is 1470. The lowest BCUT2D eigenvalue weighted by atomic mass is 9.95. The predicted octanol–water partition coefficient (Wildman–Crippen LogP) is 6.41. The van der Waals surface area contributed by atoms with Crippen LogP contribution >= 0.6 is 11.6 Å². The van der Waals surface area contributed by atoms with Gasteiger partial charge in [-0.15, -0.1) is 0 Å². The number of carbonyl (C=O) groups excluding carboxylic acids is 2. The molecule has 9 heteroatoms. The number of hydrogen-bond acceptors (Lipinski definition) is 4. The van der Waals surface area contributed by atoms with Gasteiger partial charge in [0.15, 0.2) is 0 Å². The van der Waals surface area contributed by atoms with Crippen LogP contribution in [-0.2, 0) is 26.2 Å². The molecule has 42 heavy (non-hydrogen) atoms. The third-order valence-electron chi connectivity index (χ3n) is 7.82. The third kappa shape index (κ3) is 7.72. The maximum atomic E-state index is 14.2. The molecule has 1 saturated carbocycles. The normalized spacial score (nSPS) is 14.7. The second-order valence-electron chi connectivity index (χ2n) is 11.1. The first-order valence-electron chi connectivity index (χ1n) is 14.6. The number of sulfonamides is 1. The first kappa shape index (κ1) is 31.6. The summed E-state index contributed by atoms with van der Waals surface area (Å²) in [6, 6.07) is 20.1. The number of amides is 2. The number of rotatable bonds is 11. The number of nitrogens with zero attached hydrogens (tertiary/aromatic N) is 2. The SMILES string of the molecule is CC[C@H](C(=O)NC1CCCCC1)N(Cc1ccc(C)cc1)C(=O)CN(c1ccccc1Cl)S(=O)(=O)c1ccc(C)cc1. The number of para-hydroxylation sites is 1. The van der Waals surface area contributed by atoms with E-state index in [0.29, 0.717) is 6.42 Å². The quantitative estimate of drug-likeness (QED) is 0.272. The second-order valence-corrected chi connectivity index (χ2v) is 13.3. The molecular formula is C33H40ClN3O4S. The Morgan fingerprint density at radius 1 is 0.905 bits per heavy atom. The maximum absolute atomic E-state index is 14.2. The molecule has 1 aliphatic rings. The number of aryl methyl sites for hydroxylation is 2. The number of carbonyl (C=O) groups is 2. The molecule has 224 valence electrons. The van der Waals surface area contributed by atoms with Crippen LogP contribution in [0.25, 0.3) is 0 Å². The van der Waals surface area contributed by atoms with Gasteiger partial charge in [0, 0.05) is 12.6 Å². The molecule has 1 aliphatic carbocycles. The van der Waals surface area contributed by atoms with Crippen molar-refractivity contribution in [3.8, 4) is 0 Å². The fraction of sp³-hybridized carbons (Fsp3) is 0.394. The van der Waals surface area contributed by atoms with Crippen molar-refractivity contribution in [2.24, 2.45) is 0 Å². The van der Waals surface area contributed by atoms with Gasteiger partial charge >= 0.3 is 0 Å². The smallest absolute Gasteiger partial charge is 0.264 e. The molecule has 2 amide bonds. The minimum Gasteiger partial charge on any atom is -0.352 e. The van der Waals surface area contributed by atoms with Crippen molar-refractivity contribution in [2.45, 2.75) is 82.8 Å². The van der Waals surface area contributed by atoms with Crippen molar-refractivity contribution >= 4 is 39.1 Å². The van der Waals surface area contributed by atoms with E-state index in [9.17, 15) is 18.0 Å². The third-order valence-corrected chi connectivity index (χ3v) is 9.91. The summed E-state index contributed by atoms with van der Waals surface area (Å²) in [5.74, 6) is -0.702. The van der Waals surface area contributed by atoms with Crippen LogP contribution in [0.4, 0.5) is 5.69 Å². The van der Waals surface area contributed by atoms with Gasteiger partial charge in [-0.1, -0.05) is 97.4 Å². The van der Waals surface area contributed by atoms with Crippen LogP contribution in [0.1, 0.15) is 62.1 Å². The number of halogens is 1. The van der Waals surface area contributed by atoms with Gasteiger partial charge in [0.1, 0.15) is 12.6 Å². The molecule has 1 N–H and O–H groups in total. The molecule has 0 saturated heterocycles. The van der Waals surface area contributed by atoms with Gasteiger partial charge < -0.3 is 10.2 Å². The second kappa shape index (κ2) is 14.2. The summed E-state index contributed by atoms with van der Waals surface area (Å²) in [4.78, 5) is 29.4. The van der Waals surface area contributed by atoms with Crippen LogP contribution in [-0.4, -0.2) is 43.8 Å². The number of nitrogens with one attached hydrogen (secondary N) is 1. The minimum absolute atomic E-state index is 0.0491. The summed E-state index contributed by atoms with van der Waals surface area (Å²) >= 11 is 6.50. The molecule has 3 aromatic carbocycles. The largest absolute Gasteiger partial charge is 0.352 e. The van der Waals surface area contributed by atoms with Crippen molar-refractivity contribution in [1.29, 1.82) is 0 Å². The van der Waals surface area contributed by atoms with Crippen LogP contribution in [0.15, 0.2) is 77.7 Å². The summed E-state index contributed by atoms with van der Waals surface area (Å²) in [5.41, 5.74) is 3.03. The first-order chi connectivity index (χ1) is 20.1. The average Bonchev–Trinajstić information content (AvgIpc) is 2.98. The fourth-order valence-electron chi connectivity index (χ4n) is 5.36. The molecule has 0 spiro atoms. The van der Waals surface area contributed by atoms with Crippen molar-refractivity contribution in [3.63, 3.8) is 0 Å². The van der Waals surface area contributed by atoms with E-state index in [1.807, 2.05) is 45.0 Å². The first-order valence-corrected chi connectivity index (χ1v) is 16.4. The van der Waals surface area contributed by atoms with E-state index in [1.165, 1.54) is 17.0 Å². The molecule has 1 fully saturated rings. The number of benzene rings is 3. The van der Waals surface area contributed by atoms with Crippen LogP contribution in [0.3, 0.4) is 0 Å². The van der Waals surface area contributed by atoms with Gasteiger partial charge in [-0.05, 0) is 62.9 Å². The summed E-state index contributed by atoms with van der Waals surface area (Å²) in [7, 11) is -4.17. The molecule has 0 heterocycles. The van der Waals surface area contributed by atoms with E-state index in [0.717, 1.165) is 53.1 Å². The predicted molar refractivity (Wildman–Crippen MR) is 168 cm³/mol. The summed E-state index contributed by atoms with van der Waals surface area (Å²) in [5, 5.41) is 3.37. The highest BCUT2D eigenvalue weighted by Gasteiger charge is 2.35. The lowest BCUT2D eigenvalue weighted by Gasteiger charge is -2.34. The van der Waals surface area contributed by atoms with Crippen LogP contribution in [0.5, 0.6) is 0 Å². The molecule has 1 atom stereocenters. The van der Waals surface area contributed by atoms with E-state index in [1.54, 1.807) is 36.4 Å². The molecular weight excluding hydrogens is 570 g/mol. The van der Waals surface area contributed by atoms with Crippen LogP contribution in [0.2, 0.25) is 5.02 Å². The van der Waals surface area contributed by atoms with Crippen molar-refractivity contribution < 1.29 is 18.0 Å². The Labute approximate surface area is 254 Å². The standard InChI is InChI=1S/C33H40ClN3O4S/c1-4-30(33(39)35-27-10-6-5-7-11-27)36(22-26-18-14-24(2)15-19-26)32(38)23-37(31-13-9-8-12-29(31)34)42(40,41)28-20-16-25(3)17-21-28/h8-9,12-21,27,30H,4-7,10-11,22-23H2,1-3H3,(H,35,39)/t30-/m1/s1. The van der Waals surface area contributed by atoms with E-state index in [2.05, 4.69) is 5.32 Å². The van der Waals surface area contributed by atoms with Crippen molar-refractivity contribution in [1.82, 2.24) is 10.2 Å². The summed E-state index contributed by atoms with van der Waals surface area (Å²) < 4.78 is 29.1.